The van der Waals surface area contributed by atoms with Crippen molar-refractivity contribution in [1.29, 1.82) is 0 Å². The van der Waals surface area contributed by atoms with Gasteiger partial charge in [-0.05, 0) is 25.1 Å². The van der Waals surface area contributed by atoms with Gasteiger partial charge in [0.05, 0.1) is 0 Å². The number of halogens is 1. The maximum Gasteiger partial charge on any atom is 0.294 e. The lowest BCUT2D eigenvalue weighted by Gasteiger charge is -1.98. The van der Waals surface area contributed by atoms with E-state index < -0.39 is 0 Å². The minimum atomic E-state index is -0.360. The van der Waals surface area contributed by atoms with E-state index in [2.05, 4.69) is 36.4 Å². The molecule has 3 aromatic rings. The van der Waals surface area contributed by atoms with Crippen molar-refractivity contribution >= 4 is 38.8 Å². The van der Waals surface area contributed by atoms with Crippen LogP contribution in [0.1, 0.15) is 16.1 Å². The quantitative estimate of drug-likeness (QED) is 0.760. The van der Waals surface area contributed by atoms with Gasteiger partial charge in [-0.2, -0.15) is 10.1 Å². The van der Waals surface area contributed by atoms with E-state index in [-0.39, 0.29) is 17.6 Å². The molecule has 96 valence electrons. The fraction of sp³-hybridized carbons (Fsp3) is 0.0833. The van der Waals surface area contributed by atoms with Gasteiger partial charge in [0.2, 0.25) is 5.95 Å². The fourth-order valence-corrected chi connectivity index (χ4v) is 2.20. The standard InChI is InChI=1S/C12H9BrN4O2/c1-6-8-4-7(13)2-3-9(8)19-10(6)11(18)16-12-14-5-15-17-12/h2-5H,1H3,(H2,14,15,16,17,18). The number of H-pyrrole nitrogens is 1. The minimum Gasteiger partial charge on any atom is -0.451 e. The molecule has 1 aromatic carbocycles. The Hall–Kier alpha value is -2.15. The number of carbonyl (C=O) groups is 1. The van der Waals surface area contributed by atoms with E-state index in [0.29, 0.717) is 5.58 Å². The average Bonchev–Trinajstić information content (AvgIpc) is 2.98. The van der Waals surface area contributed by atoms with Gasteiger partial charge in [0.25, 0.3) is 5.91 Å². The second kappa shape index (κ2) is 4.51. The van der Waals surface area contributed by atoms with E-state index >= 15 is 0 Å². The number of hydrogen-bond acceptors (Lipinski definition) is 4. The highest BCUT2D eigenvalue weighted by atomic mass is 79.9. The summed E-state index contributed by atoms with van der Waals surface area (Å²) >= 11 is 3.40. The zero-order chi connectivity index (χ0) is 13.4. The van der Waals surface area contributed by atoms with Gasteiger partial charge in [0, 0.05) is 15.4 Å². The van der Waals surface area contributed by atoms with Crippen LogP contribution in [0, 0.1) is 6.92 Å². The molecule has 19 heavy (non-hydrogen) atoms. The Morgan fingerprint density at radius 1 is 1.47 bits per heavy atom. The molecule has 7 heteroatoms. The number of nitrogens with one attached hydrogen (secondary N) is 2. The zero-order valence-electron chi connectivity index (χ0n) is 9.90. The molecule has 0 aliphatic carbocycles. The Bertz CT molecular complexity index is 749. The van der Waals surface area contributed by atoms with Crippen molar-refractivity contribution in [3.05, 3.63) is 40.3 Å². The number of nitrogens with zero attached hydrogens (tertiary/aromatic N) is 2. The van der Waals surface area contributed by atoms with Gasteiger partial charge in [-0.15, -0.1) is 0 Å². The zero-order valence-corrected chi connectivity index (χ0v) is 11.5. The minimum absolute atomic E-state index is 0.268. The van der Waals surface area contributed by atoms with Crippen LogP contribution in [-0.4, -0.2) is 21.1 Å². The number of aromatic amines is 1. The maximum atomic E-state index is 12.1. The molecular weight excluding hydrogens is 312 g/mol. The molecule has 0 aliphatic heterocycles. The lowest BCUT2D eigenvalue weighted by molar-refractivity contribution is 0.0997. The number of rotatable bonds is 2. The number of amides is 1. The molecule has 3 rings (SSSR count). The summed E-state index contributed by atoms with van der Waals surface area (Å²) in [7, 11) is 0. The summed E-state index contributed by atoms with van der Waals surface area (Å²) in [6.45, 7) is 1.84. The third-order valence-corrected chi connectivity index (χ3v) is 3.24. The molecular formula is C12H9BrN4O2. The Morgan fingerprint density at radius 2 is 2.32 bits per heavy atom. The van der Waals surface area contributed by atoms with Crippen molar-refractivity contribution in [3.63, 3.8) is 0 Å². The first kappa shape index (κ1) is 11.9. The SMILES string of the molecule is Cc1c(C(=O)Nc2ncn[nH]2)oc2ccc(Br)cc12. The average molecular weight is 321 g/mol. The van der Waals surface area contributed by atoms with Crippen molar-refractivity contribution in [2.75, 3.05) is 5.32 Å². The fourth-order valence-electron chi connectivity index (χ4n) is 1.84. The van der Waals surface area contributed by atoms with E-state index in [1.807, 2.05) is 25.1 Å². The molecule has 2 heterocycles. The summed E-state index contributed by atoms with van der Waals surface area (Å²) in [5.74, 6) is 0.192. The first-order chi connectivity index (χ1) is 9.15. The molecule has 0 atom stereocenters. The molecule has 0 fully saturated rings. The highest BCUT2D eigenvalue weighted by Gasteiger charge is 2.18. The van der Waals surface area contributed by atoms with E-state index in [1.54, 1.807) is 0 Å². The summed E-state index contributed by atoms with van der Waals surface area (Å²) in [4.78, 5) is 15.9. The van der Waals surface area contributed by atoms with E-state index in [4.69, 9.17) is 4.42 Å². The van der Waals surface area contributed by atoms with Crippen LogP contribution in [0.15, 0.2) is 33.4 Å². The number of hydrogen-bond donors (Lipinski definition) is 2. The normalized spacial score (nSPS) is 10.8. The summed E-state index contributed by atoms with van der Waals surface area (Å²) in [6, 6.07) is 5.60. The van der Waals surface area contributed by atoms with Crippen molar-refractivity contribution in [2.24, 2.45) is 0 Å². The molecule has 2 N–H and O–H groups in total. The van der Waals surface area contributed by atoms with Crippen molar-refractivity contribution in [3.8, 4) is 0 Å². The molecule has 0 aliphatic rings. The molecule has 6 nitrogen and oxygen atoms in total. The van der Waals surface area contributed by atoms with Gasteiger partial charge in [0.15, 0.2) is 5.76 Å². The number of furan rings is 1. The second-order valence-corrected chi connectivity index (χ2v) is 4.90. The van der Waals surface area contributed by atoms with Gasteiger partial charge >= 0.3 is 0 Å². The summed E-state index contributed by atoms with van der Waals surface area (Å²) in [6.07, 6.45) is 1.32. The topological polar surface area (TPSA) is 83.8 Å². The Kier molecular flexibility index (Phi) is 2.83. The number of benzene rings is 1. The lowest BCUT2D eigenvalue weighted by atomic mass is 10.1. The largest absolute Gasteiger partial charge is 0.451 e. The van der Waals surface area contributed by atoms with Crippen LogP contribution in [0.2, 0.25) is 0 Å². The van der Waals surface area contributed by atoms with Crippen molar-refractivity contribution < 1.29 is 9.21 Å². The monoisotopic (exact) mass is 320 g/mol. The van der Waals surface area contributed by atoms with Crippen LogP contribution in [0.4, 0.5) is 5.95 Å². The lowest BCUT2D eigenvalue weighted by Crippen LogP contribution is -2.13. The number of anilines is 1. The number of fused-ring (bicyclic) bond motifs is 1. The van der Waals surface area contributed by atoms with Crippen molar-refractivity contribution in [2.45, 2.75) is 6.92 Å². The smallest absolute Gasteiger partial charge is 0.294 e. The second-order valence-electron chi connectivity index (χ2n) is 3.98. The molecule has 0 saturated heterocycles. The first-order valence-electron chi connectivity index (χ1n) is 5.50. The predicted octanol–water partition coefficient (Wildman–Crippen LogP) is 2.87. The van der Waals surface area contributed by atoms with Gasteiger partial charge in [-0.3, -0.25) is 10.1 Å². The molecule has 0 unspecified atom stereocenters. The van der Waals surface area contributed by atoms with Crippen LogP contribution >= 0.6 is 15.9 Å². The Labute approximate surface area is 116 Å². The van der Waals surface area contributed by atoms with Crippen LogP contribution in [0.25, 0.3) is 11.0 Å². The van der Waals surface area contributed by atoms with Crippen molar-refractivity contribution in [1.82, 2.24) is 15.2 Å². The molecule has 0 spiro atoms. The molecule has 0 bridgehead atoms. The van der Waals surface area contributed by atoms with Gasteiger partial charge < -0.3 is 4.42 Å². The third kappa shape index (κ3) is 2.12. The first-order valence-corrected chi connectivity index (χ1v) is 6.30. The number of aryl methyl sites for hydroxylation is 1. The highest BCUT2D eigenvalue weighted by molar-refractivity contribution is 9.10. The number of aromatic nitrogens is 3. The van der Waals surface area contributed by atoms with Crippen LogP contribution in [0.5, 0.6) is 0 Å². The van der Waals surface area contributed by atoms with E-state index in [9.17, 15) is 4.79 Å². The highest BCUT2D eigenvalue weighted by Crippen LogP contribution is 2.28. The van der Waals surface area contributed by atoms with Gasteiger partial charge in [-0.1, -0.05) is 15.9 Å². The number of carbonyl (C=O) groups excluding carboxylic acids is 1. The third-order valence-electron chi connectivity index (χ3n) is 2.75. The van der Waals surface area contributed by atoms with Gasteiger partial charge in [-0.25, -0.2) is 5.10 Å². The summed E-state index contributed by atoms with van der Waals surface area (Å²) < 4.78 is 6.51. The van der Waals surface area contributed by atoms with Crippen LogP contribution in [-0.2, 0) is 0 Å². The predicted molar refractivity (Wildman–Crippen MR) is 73.0 cm³/mol. The molecule has 1 amide bonds. The molecule has 2 aromatic heterocycles. The van der Waals surface area contributed by atoms with E-state index in [0.717, 1.165) is 15.4 Å². The van der Waals surface area contributed by atoms with Crippen LogP contribution in [0.3, 0.4) is 0 Å². The Morgan fingerprint density at radius 3 is 3.05 bits per heavy atom. The summed E-state index contributed by atoms with van der Waals surface area (Å²) in [5, 5.41) is 9.70. The molecule has 0 radical (unpaired) electrons. The Balaban J connectivity index is 2.00. The molecule has 0 saturated carbocycles. The maximum absolute atomic E-state index is 12.1. The van der Waals surface area contributed by atoms with E-state index in [1.165, 1.54) is 6.33 Å². The van der Waals surface area contributed by atoms with Gasteiger partial charge in [0.1, 0.15) is 11.9 Å². The summed E-state index contributed by atoms with van der Waals surface area (Å²) in [5.41, 5.74) is 1.46. The van der Waals surface area contributed by atoms with Crippen LogP contribution < -0.4 is 5.32 Å².